The summed E-state index contributed by atoms with van der Waals surface area (Å²) in [5.74, 6) is 1.35. The monoisotopic (exact) mass is 376 g/mol. The van der Waals surface area contributed by atoms with Crippen molar-refractivity contribution in [1.82, 2.24) is 19.1 Å². The van der Waals surface area contributed by atoms with Gasteiger partial charge in [-0.1, -0.05) is 30.3 Å². The fourth-order valence-corrected chi connectivity index (χ4v) is 4.96. The highest BCUT2D eigenvalue weighted by molar-refractivity contribution is 7.88. The van der Waals surface area contributed by atoms with E-state index in [1.54, 1.807) is 9.25 Å². The third kappa shape index (κ3) is 4.07. The average Bonchev–Trinajstić information content (AvgIpc) is 3.38. The molecule has 0 bridgehead atoms. The molecule has 1 saturated carbocycles. The zero-order valence-corrected chi connectivity index (χ0v) is 15.5. The lowest BCUT2D eigenvalue weighted by molar-refractivity contribution is 0.478. The minimum Gasteiger partial charge on any atom is -0.279 e. The summed E-state index contributed by atoms with van der Waals surface area (Å²) in [5, 5.41) is 4.48. The molecule has 1 aliphatic carbocycles. The number of nitrogens with one attached hydrogen (secondary N) is 1. The normalized spacial score (nSPS) is 20.5. The fourth-order valence-electron chi connectivity index (χ4n) is 3.50. The highest BCUT2D eigenvalue weighted by Gasteiger charge is 2.27. The van der Waals surface area contributed by atoms with Gasteiger partial charge < -0.3 is 0 Å². The molecular weight excluding hydrogens is 352 g/mol. The number of benzene rings is 1. The Hall–Kier alpha value is -1.93. The van der Waals surface area contributed by atoms with E-state index in [2.05, 4.69) is 9.82 Å². The Morgan fingerprint density at radius 1 is 1.12 bits per heavy atom. The van der Waals surface area contributed by atoms with Crippen LogP contribution in [0.1, 0.15) is 37.1 Å². The van der Waals surface area contributed by atoms with Gasteiger partial charge in [-0.25, -0.2) is 22.6 Å². The summed E-state index contributed by atoms with van der Waals surface area (Å²) < 4.78 is 31.0. The standard InChI is InChI=1S/C18H24N4O3S/c23-18-21-11-10-16(8-9-17(21)19-22(18)12-14-6-7-14)20-26(24,25)13-15-4-2-1-3-5-15/h1-5,14,16,20H,6-13H2. The third-order valence-corrected chi connectivity index (χ3v) is 6.50. The molecule has 0 spiro atoms. The molecule has 26 heavy (non-hydrogen) atoms. The Balaban J connectivity index is 1.40. The van der Waals surface area contributed by atoms with Crippen LogP contribution in [0.4, 0.5) is 0 Å². The van der Waals surface area contributed by atoms with Crippen molar-refractivity contribution in [2.45, 2.75) is 57.0 Å². The van der Waals surface area contributed by atoms with Crippen LogP contribution in [-0.2, 0) is 35.3 Å². The second kappa shape index (κ2) is 7.00. The van der Waals surface area contributed by atoms with Crippen LogP contribution in [-0.4, -0.2) is 28.8 Å². The molecule has 1 aliphatic heterocycles. The van der Waals surface area contributed by atoms with Crippen molar-refractivity contribution in [3.05, 3.63) is 52.2 Å². The quantitative estimate of drug-likeness (QED) is 0.823. The Morgan fingerprint density at radius 3 is 2.62 bits per heavy atom. The molecule has 1 atom stereocenters. The lowest BCUT2D eigenvalue weighted by atomic mass is 10.1. The van der Waals surface area contributed by atoms with Crippen LogP contribution in [0.15, 0.2) is 35.1 Å². The van der Waals surface area contributed by atoms with Gasteiger partial charge in [0.1, 0.15) is 5.82 Å². The molecule has 8 heteroatoms. The molecule has 1 aromatic carbocycles. The van der Waals surface area contributed by atoms with Crippen LogP contribution in [0.25, 0.3) is 0 Å². The highest BCUT2D eigenvalue weighted by Crippen LogP contribution is 2.30. The van der Waals surface area contributed by atoms with Crippen LogP contribution < -0.4 is 10.4 Å². The number of nitrogens with zero attached hydrogens (tertiary/aromatic N) is 3. The summed E-state index contributed by atoms with van der Waals surface area (Å²) >= 11 is 0. The third-order valence-electron chi connectivity index (χ3n) is 5.09. The second-order valence-corrected chi connectivity index (χ2v) is 9.12. The molecule has 1 aromatic heterocycles. The van der Waals surface area contributed by atoms with Crippen LogP contribution in [0.5, 0.6) is 0 Å². The molecule has 1 unspecified atom stereocenters. The molecule has 0 radical (unpaired) electrons. The number of rotatable bonds is 6. The van der Waals surface area contributed by atoms with Gasteiger partial charge in [0, 0.05) is 25.6 Å². The highest BCUT2D eigenvalue weighted by atomic mass is 32.2. The largest absolute Gasteiger partial charge is 0.345 e. The first-order chi connectivity index (χ1) is 12.5. The van der Waals surface area contributed by atoms with Gasteiger partial charge in [0.2, 0.25) is 10.0 Å². The summed E-state index contributed by atoms with van der Waals surface area (Å²) in [7, 11) is -3.41. The molecule has 1 N–H and O–H groups in total. The summed E-state index contributed by atoms with van der Waals surface area (Å²) in [4.78, 5) is 12.5. The van der Waals surface area contributed by atoms with E-state index in [0.717, 1.165) is 11.4 Å². The van der Waals surface area contributed by atoms with Gasteiger partial charge in [-0.2, -0.15) is 5.10 Å². The van der Waals surface area contributed by atoms with Crippen LogP contribution >= 0.6 is 0 Å². The Kier molecular flexibility index (Phi) is 4.71. The van der Waals surface area contributed by atoms with Gasteiger partial charge in [0.25, 0.3) is 0 Å². The number of hydrogen-bond donors (Lipinski definition) is 1. The predicted octanol–water partition coefficient (Wildman–Crippen LogP) is 1.28. The summed E-state index contributed by atoms with van der Waals surface area (Å²) in [6.07, 6.45) is 4.25. The second-order valence-electron chi connectivity index (χ2n) is 7.36. The average molecular weight is 376 g/mol. The van der Waals surface area contributed by atoms with Crippen LogP contribution in [0.2, 0.25) is 0 Å². The molecular formula is C18H24N4O3S. The summed E-state index contributed by atoms with van der Waals surface area (Å²) in [6, 6.07) is 8.99. The van der Waals surface area contributed by atoms with Gasteiger partial charge in [0.15, 0.2) is 0 Å². The van der Waals surface area contributed by atoms with E-state index >= 15 is 0 Å². The first-order valence-corrected chi connectivity index (χ1v) is 10.9. The Labute approximate surface area is 153 Å². The topological polar surface area (TPSA) is 86.0 Å². The minimum atomic E-state index is -3.41. The van der Waals surface area contributed by atoms with Gasteiger partial charge in [-0.15, -0.1) is 0 Å². The first kappa shape index (κ1) is 17.5. The number of fused-ring (bicyclic) bond motifs is 1. The van der Waals surface area contributed by atoms with Crippen molar-refractivity contribution in [2.75, 3.05) is 0 Å². The predicted molar refractivity (Wildman–Crippen MR) is 98.1 cm³/mol. The molecule has 2 aromatic rings. The molecule has 2 aliphatic rings. The maximum Gasteiger partial charge on any atom is 0.345 e. The van der Waals surface area contributed by atoms with E-state index in [-0.39, 0.29) is 17.5 Å². The Morgan fingerprint density at radius 2 is 1.88 bits per heavy atom. The smallest absolute Gasteiger partial charge is 0.279 e. The maximum atomic E-state index is 12.5. The van der Waals surface area contributed by atoms with Crippen molar-refractivity contribution in [2.24, 2.45) is 5.92 Å². The Bertz CT molecular complexity index is 929. The van der Waals surface area contributed by atoms with E-state index in [4.69, 9.17) is 0 Å². The van der Waals surface area contributed by atoms with Gasteiger partial charge in [-0.05, 0) is 37.2 Å². The molecule has 1 fully saturated rings. The number of aromatic nitrogens is 3. The number of aryl methyl sites for hydroxylation is 1. The van der Waals surface area contributed by atoms with Crippen molar-refractivity contribution in [1.29, 1.82) is 0 Å². The maximum absolute atomic E-state index is 12.5. The molecule has 0 amide bonds. The van der Waals surface area contributed by atoms with Crippen molar-refractivity contribution in [3.63, 3.8) is 0 Å². The van der Waals surface area contributed by atoms with E-state index in [0.29, 0.717) is 38.3 Å². The van der Waals surface area contributed by atoms with E-state index in [9.17, 15) is 13.2 Å². The molecule has 2 heterocycles. The summed E-state index contributed by atoms with van der Waals surface area (Å²) in [5.41, 5.74) is 0.712. The lowest BCUT2D eigenvalue weighted by Gasteiger charge is -2.16. The minimum absolute atomic E-state index is 0.0247. The van der Waals surface area contributed by atoms with Gasteiger partial charge >= 0.3 is 5.69 Å². The van der Waals surface area contributed by atoms with Crippen molar-refractivity contribution < 1.29 is 8.42 Å². The van der Waals surface area contributed by atoms with E-state index < -0.39 is 10.0 Å². The molecule has 7 nitrogen and oxygen atoms in total. The number of hydrogen-bond acceptors (Lipinski definition) is 4. The van der Waals surface area contributed by atoms with Crippen molar-refractivity contribution >= 4 is 10.0 Å². The zero-order chi connectivity index (χ0) is 18.1. The number of sulfonamides is 1. The SMILES string of the molecule is O=c1n(CC2CC2)nc2n1CCC(NS(=O)(=O)Cc1ccccc1)CC2. The zero-order valence-electron chi connectivity index (χ0n) is 14.7. The molecule has 0 saturated heterocycles. The van der Waals surface area contributed by atoms with Crippen molar-refractivity contribution in [3.8, 4) is 0 Å². The van der Waals surface area contributed by atoms with Gasteiger partial charge in [0.05, 0.1) is 5.75 Å². The fraction of sp³-hybridized carbons (Fsp3) is 0.556. The van der Waals surface area contributed by atoms with E-state index in [1.165, 1.54) is 12.8 Å². The summed E-state index contributed by atoms with van der Waals surface area (Å²) in [6.45, 7) is 1.23. The van der Waals surface area contributed by atoms with E-state index in [1.807, 2.05) is 30.3 Å². The van der Waals surface area contributed by atoms with Gasteiger partial charge in [-0.3, -0.25) is 4.57 Å². The lowest BCUT2D eigenvalue weighted by Crippen LogP contribution is -2.36. The van der Waals surface area contributed by atoms with Crippen LogP contribution in [0.3, 0.4) is 0 Å². The first-order valence-electron chi connectivity index (χ1n) is 9.20. The molecule has 4 rings (SSSR count). The van der Waals surface area contributed by atoms with Crippen LogP contribution in [0, 0.1) is 5.92 Å². The molecule has 140 valence electrons.